The van der Waals surface area contributed by atoms with Crippen molar-refractivity contribution in [2.75, 3.05) is 0 Å². The highest BCUT2D eigenvalue weighted by Gasteiger charge is 2.67. The predicted molar refractivity (Wildman–Crippen MR) is 41.1 cm³/mol. The molecule has 2 saturated heterocycles. The van der Waals surface area contributed by atoms with Gasteiger partial charge in [-0.05, 0) is 31.6 Å². The molecule has 3 fully saturated rings. The third kappa shape index (κ3) is 0.709. The Kier molecular flexibility index (Phi) is 1.21. The zero-order valence-electron chi connectivity index (χ0n) is 6.89. The molecule has 1 saturated carbocycles. The van der Waals surface area contributed by atoms with E-state index in [1.807, 2.05) is 0 Å². The lowest BCUT2D eigenvalue weighted by Crippen LogP contribution is -2.41. The molecule has 0 aromatic carbocycles. The minimum absolute atomic E-state index is 0.302. The maximum absolute atomic E-state index is 12.7. The van der Waals surface area contributed by atoms with Crippen LogP contribution >= 0.6 is 0 Å². The first-order chi connectivity index (χ1) is 5.72. The summed E-state index contributed by atoms with van der Waals surface area (Å²) < 4.78 is 25.4. The van der Waals surface area contributed by atoms with Crippen molar-refractivity contribution in [3.05, 3.63) is 0 Å². The summed E-state index contributed by atoms with van der Waals surface area (Å²) in [6, 6.07) is 0.834. The average Bonchev–Trinajstić information content (AvgIpc) is 2.63. The first kappa shape index (κ1) is 7.25. The van der Waals surface area contributed by atoms with Gasteiger partial charge in [-0.1, -0.05) is 0 Å². The summed E-state index contributed by atoms with van der Waals surface area (Å²) in [5, 5.41) is 3.43. The summed E-state index contributed by atoms with van der Waals surface area (Å²) in [4.78, 5) is 0. The molecule has 3 aliphatic rings. The number of alkyl halides is 2. The molecule has 0 unspecified atom stereocenters. The van der Waals surface area contributed by atoms with Crippen LogP contribution in [0.5, 0.6) is 0 Å². The standard InChI is InChI=1S/C9H13F2N/c10-8(11)9-3-5-1-2-7(12-5)6(9)4-9/h5-8,12H,1-4H2/t5-,6+,7+,9-/m1/s1. The molecule has 4 atom stereocenters. The van der Waals surface area contributed by atoms with Crippen molar-refractivity contribution < 1.29 is 8.78 Å². The average molecular weight is 173 g/mol. The second-order valence-electron chi connectivity index (χ2n) is 4.60. The van der Waals surface area contributed by atoms with Crippen LogP contribution in [-0.4, -0.2) is 18.5 Å². The molecule has 2 aliphatic heterocycles. The van der Waals surface area contributed by atoms with Gasteiger partial charge in [0.25, 0.3) is 0 Å². The van der Waals surface area contributed by atoms with Gasteiger partial charge in [-0.15, -0.1) is 0 Å². The van der Waals surface area contributed by atoms with Crippen LogP contribution in [-0.2, 0) is 0 Å². The molecule has 1 N–H and O–H groups in total. The molecule has 1 aliphatic carbocycles. The number of hydrogen-bond acceptors (Lipinski definition) is 1. The van der Waals surface area contributed by atoms with Gasteiger partial charge in [0.2, 0.25) is 6.43 Å². The van der Waals surface area contributed by atoms with Crippen LogP contribution in [0.2, 0.25) is 0 Å². The SMILES string of the molecule is FC(F)[C@@]12C[C@H]3CC[C@H](N3)[C@@H]1C2. The Bertz CT molecular complexity index is 219. The van der Waals surface area contributed by atoms with Crippen LogP contribution in [0.25, 0.3) is 0 Å². The topological polar surface area (TPSA) is 12.0 Å². The van der Waals surface area contributed by atoms with E-state index in [0.29, 0.717) is 18.0 Å². The summed E-state index contributed by atoms with van der Waals surface area (Å²) >= 11 is 0. The Morgan fingerprint density at radius 3 is 2.83 bits per heavy atom. The third-order valence-corrected chi connectivity index (χ3v) is 4.00. The van der Waals surface area contributed by atoms with E-state index >= 15 is 0 Å². The predicted octanol–water partition coefficient (Wildman–Crippen LogP) is 1.78. The number of nitrogens with one attached hydrogen (secondary N) is 1. The van der Waals surface area contributed by atoms with Crippen LogP contribution < -0.4 is 5.32 Å². The Morgan fingerprint density at radius 2 is 2.08 bits per heavy atom. The van der Waals surface area contributed by atoms with Gasteiger partial charge in [0, 0.05) is 17.5 Å². The van der Waals surface area contributed by atoms with Crippen molar-refractivity contribution >= 4 is 0 Å². The molecule has 68 valence electrons. The minimum Gasteiger partial charge on any atom is -0.311 e. The molecular formula is C9H13F2N. The molecule has 0 aromatic heterocycles. The van der Waals surface area contributed by atoms with Gasteiger partial charge in [0.15, 0.2) is 0 Å². The lowest BCUT2D eigenvalue weighted by atomic mass is 9.92. The Hall–Kier alpha value is -0.180. The van der Waals surface area contributed by atoms with Gasteiger partial charge in [0.05, 0.1) is 0 Å². The molecule has 12 heavy (non-hydrogen) atoms. The highest BCUT2D eigenvalue weighted by Crippen LogP contribution is 2.65. The highest BCUT2D eigenvalue weighted by atomic mass is 19.3. The van der Waals surface area contributed by atoms with Crippen molar-refractivity contribution in [2.24, 2.45) is 11.3 Å². The van der Waals surface area contributed by atoms with Gasteiger partial charge in [-0.3, -0.25) is 0 Å². The van der Waals surface area contributed by atoms with Gasteiger partial charge in [-0.25, -0.2) is 8.78 Å². The van der Waals surface area contributed by atoms with E-state index in [-0.39, 0.29) is 0 Å². The number of piperidine rings is 1. The van der Waals surface area contributed by atoms with Crippen molar-refractivity contribution in [3.63, 3.8) is 0 Å². The summed E-state index contributed by atoms with van der Waals surface area (Å²) in [7, 11) is 0. The first-order valence-corrected chi connectivity index (χ1v) is 4.76. The summed E-state index contributed by atoms with van der Waals surface area (Å²) in [5.41, 5.74) is -0.545. The number of rotatable bonds is 1. The number of halogens is 2. The maximum Gasteiger partial charge on any atom is 0.244 e. The highest BCUT2D eigenvalue weighted by molar-refractivity contribution is 5.16. The second-order valence-corrected chi connectivity index (χ2v) is 4.60. The van der Waals surface area contributed by atoms with E-state index in [4.69, 9.17) is 0 Å². The lowest BCUT2D eigenvalue weighted by molar-refractivity contribution is 0.0298. The Balaban J connectivity index is 1.87. The van der Waals surface area contributed by atoms with Gasteiger partial charge >= 0.3 is 0 Å². The van der Waals surface area contributed by atoms with Gasteiger partial charge < -0.3 is 5.32 Å². The summed E-state index contributed by atoms with van der Waals surface area (Å²) in [6.07, 6.45) is 1.68. The maximum atomic E-state index is 12.7. The Labute approximate surface area is 70.5 Å². The van der Waals surface area contributed by atoms with Crippen LogP contribution in [0, 0.1) is 11.3 Å². The van der Waals surface area contributed by atoms with Crippen molar-refractivity contribution in [1.29, 1.82) is 0 Å². The van der Waals surface area contributed by atoms with Crippen LogP contribution in [0.3, 0.4) is 0 Å². The molecule has 0 amide bonds. The zero-order valence-corrected chi connectivity index (χ0v) is 6.89. The van der Waals surface area contributed by atoms with E-state index in [2.05, 4.69) is 5.32 Å². The molecule has 0 radical (unpaired) electrons. The monoisotopic (exact) mass is 173 g/mol. The van der Waals surface area contributed by atoms with Crippen LogP contribution in [0.4, 0.5) is 8.78 Å². The van der Waals surface area contributed by atoms with E-state index in [9.17, 15) is 8.78 Å². The van der Waals surface area contributed by atoms with Crippen molar-refractivity contribution in [1.82, 2.24) is 5.32 Å². The molecule has 1 nitrogen and oxygen atoms in total. The normalized spacial score (nSPS) is 55.8. The van der Waals surface area contributed by atoms with Crippen LogP contribution in [0.1, 0.15) is 25.7 Å². The number of fused-ring (bicyclic) bond motifs is 4. The lowest BCUT2D eigenvalue weighted by Gasteiger charge is -2.27. The van der Waals surface area contributed by atoms with Crippen molar-refractivity contribution in [3.8, 4) is 0 Å². The molecule has 3 rings (SSSR count). The quantitative estimate of drug-likeness (QED) is 0.637. The fraction of sp³-hybridized carbons (Fsp3) is 1.00. The molecule has 0 spiro atoms. The third-order valence-electron chi connectivity index (χ3n) is 4.00. The van der Waals surface area contributed by atoms with Gasteiger partial charge in [0.1, 0.15) is 0 Å². The zero-order chi connectivity index (χ0) is 8.34. The summed E-state index contributed by atoms with van der Waals surface area (Å²) in [5.74, 6) is 0.302. The van der Waals surface area contributed by atoms with E-state index in [1.165, 1.54) is 0 Å². The van der Waals surface area contributed by atoms with Gasteiger partial charge in [-0.2, -0.15) is 0 Å². The number of hydrogen-bond donors (Lipinski definition) is 1. The molecular weight excluding hydrogens is 160 g/mol. The smallest absolute Gasteiger partial charge is 0.244 e. The minimum atomic E-state index is -2.08. The molecule has 3 heteroatoms. The Morgan fingerprint density at radius 1 is 1.25 bits per heavy atom. The second kappa shape index (κ2) is 2.00. The first-order valence-electron chi connectivity index (χ1n) is 4.76. The fourth-order valence-electron chi connectivity index (χ4n) is 3.26. The molecule has 2 bridgehead atoms. The van der Waals surface area contributed by atoms with Crippen molar-refractivity contribution in [2.45, 2.75) is 44.2 Å². The van der Waals surface area contributed by atoms with E-state index in [0.717, 1.165) is 25.7 Å². The van der Waals surface area contributed by atoms with E-state index in [1.54, 1.807) is 0 Å². The fourth-order valence-corrected chi connectivity index (χ4v) is 3.26. The molecule has 2 heterocycles. The largest absolute Gasteiger partial charge is 0.311 e. The van der Waals surface area contributed by atoms with Crippen LogP contribution in [0.15, 0.2) is 0 Å². The van der Waals surface area contributed by atoms with E-state index < -0.39 is 11.8 Å². The molecule has 0 aromatic rings. The summed E-state index contributed by atoms with van der Waals surface area (Å²) in [6.45, 7) is 0.